The second-order valence-electron chi connectivity index (χ2n) is 5.58. The summed E-state index contributed by atoms with van der Waals surface area (Å²) in [5.41, 5.74) is 3.87. The molecule has 2 unspecified atom stereocenters. The number of aliphatic hydroxyl groups is 1. The minimum Gasteiger partial charge on any atom is -0.394 e. The van der Waals surface area contributed by atoms with Gasteiger partial charge in [-0.1, -0.05) is 6.07 Å². The van der Waals surface area contributed by atoms with E-state index in [9.17, 15) is 5.11 Å². The Morgan fingerprint density at radius 2 is 1.94 bits per heavy atom. The summed E-state index contributed by atoms with van der Waals surface area (Å²) in [6.07, 6.45) is 0. The van der Waals surface area contributed by atoms with Crippen LogP contribution in [-0.4, -0.2) is 48.8 Å². The molecule has 18 heavy (non-hydrogen) atoms. The van der Waals surface area contributed by atoms with Crippen molar-refractivity contribution in [3.8, 4) is 0 Å². The Labute approximate surface area is 110 Å². The van der Waals surface area contributed by atoms with Crippen LogP contribution in [0.2, 0.25) is 0 Å². The predicted octanol–water partition coefficient (Wildman–Crippen LogP) is 1.80. The van der Waals surface area contributed by atoms with Crippen molar-refractivity contribution in [2.24, 2.45) is 0 Å². The lowest BCUT2D eigenvalue weighted by Crippen LogP contribution is -2.58. The summed E-state index contributed by atoms with van der Waals surface area (Å²) in [4.78, 5) is 4.66. The molecule has 100 valence electrons. The van der Waals surface area contributed by atoms with Gasteiger partial charge in [-0.25, -0.2) is 0 Å². The normalized spacial score (nSPS) is 25.5. The second-order valence-corrected chi connectivity index (χ2v) is 5.58. The lowest BCUT2D eigenvalue weighted by atomic mass is 10.0. The molecule has 1 aromatic carbocycles. The molecule has 0 spiro atoms. The Hall–Kier alpha value is -1.06. The van der Waals surface area contributed by atoms with Crippen LogP contribution in [0.1, 0.15) is 18.1 Å². The minimum atomic E-state index is 0.195. The monoisotopic (exact) mass is 248 g/mol. The van der Waals surface area contributed by atoms with Crippen LogP contribution >= 0.6 is 0 Å². The van der Waals surface area contributed by atoms with Crippen molar-refractivity contribution >= 4 is 5.69 Å². The number of benzene rings is 1. The Kier molecular flexibility index (Phi) is 3.93. The summed E-state index contributed by atoms with van der Waals surface area (Å²) < 4.78 is 0. The quantitative estimate of drug-likeness (QED) is 0.864. The highest BCUT2D eigenvalue weighted by atomic mass is 16.3. The van der Waals surface area contributed by atoms with E-state index in [1.807, 2.05) is 0 Å². The van der Waals surface area contributed by atoms with Crippen LogP contribution in [0.15, 0.2) is 18.2 Å². The van der Waals surface area contributed by atoms with Gasteiger partial charge in [0, 0.05) is 24.8 Å². The van der Waals surface area contributed by atoms with Gasteiger partial charge in [-0.3, -0.25) is 0 Å². The zero-order valence-corrected chi connectivity index (χ0v) is 11.8. The number of nitrogens with zero attached hydrogens (tertiary/aromatic N) is 2. The fraction of sp³-hybridized carbons (Fsp3) is 0.600. The molecule has 2 atom stereocenters. The van der Waals surface area contributed by atoms with E-state index in [1.165, 1.54) is 16.8 Å². The van der Waals surface area contributed by atoms with E-state index in [0.717, 1.165) is 13.1 Å². The van der Waals surface area contributed by atoms with Crippen LogP contribution in [0.25, 0.3) is 0 Å². The first kappa shape index (κ1) is 13.4. The molecule has 1 fully saturated rings. The summed E-state index contributed by atoms with van der Waals surface area (Å²) >= 11 is 0. The first-order valence-corrected chi connectivity index (χ1v) is 6.68. The Balaban J connectivity index is 2.31. The smallest absolute Gasteiger partial charge is 0.0651 e. The number of aliphatic hydroxyl groups excluding tert-OH is 1. The number of rotatable bonds is 2. The lowest BCUT2D eigenvalue weighted by Gasteiger charge is -2.45. The molecular weight excluding hydrogens is 224 g/mol. The number of anilines is 1. The van der Waals surface area contributed by atoms with Crippen LogP contribution < -0.4 is 4.90 Å². The lowest BCUT2D eigenvalue weighted by molar-refractivity contribution is 0.171. The maximum Gasteiger partial charge on any atom is 0.0651 e. The highest BCUT2D eigenvalue weighted by molar-refractivity contribution is 5.53. The van der Waals surface area contributed by atoms with E-state index in [2.05, 4.69) is 55.8 Å². The van der Waals surface area contributed by atoms with Gasteiger partial charge in [0.05, 0.1) is 12.6 Å². The molecule has 3 heteroatoms. The van der Waals surface area contributed by atoms with Crippen molar-refractivity contribution in [2.75, 3.05) is 31.6 Å². The first-order chi connectivity index (χ1) is 8.52. The molecule has 0 amide bonds. The Morgan fingerprint density at radius 1 is 1.22 bits per heavy atom. The zero-order valence-electron chi connectivity index (χ0n) is 11.8. The van der Waals surface area contributed by atoms with Crippen molar-refractivity contribution in [3.05, 3.63) is 29.3 Å². The van der Waals surface area contributed by atoms with Gasteiger partial charge in [-0.05, 0) is 51.1 Å². The second kappa shape index (κ2) is 5.29. The molecule has 1 heterocycles. The summed E-state index contributed by atoms with van der Waals surface area (Å²) in [6.45, 7) is 8.69. The average Bonchev–Trinajstić information content (AvgIpc) is 2.32. The minimum absolute atomic E-state index is 0.195. The van der Waals surface area contributed by atoms with Gasteiger partial charge >= 0.3 is 0 Å². The van der Waals surface area contributed by atoms with E-state index in [1.54, 1.807) is 0 Å². The number of hydrogen-bond donors (Lipinski definition) is 1. The highest BCUT2D eigenvalue weighted by Gasteiger charge is 2.30. The van der Waals surface area contributed by atoms with E-state index in [4.69, 9.17) is 0 Å². The molecule has 0 bridgehead atoms. The van der Waals surface area contributed by atoms with Gasteiger partial charge in [-0.15, -0.1) is 0 Å². The van der Waals surface area contributed by atoms with Crippen molar-refractivity contribution in [2.45, 2.75) is 32.9 Å². The maximum absolute atomic E-state index is 9.61. The predicted molar refractivity (Wildman–Crippen MR) is 76.2 cm³/mol. The number of aryl methyl sites for hydroxylation is 2. The summed E-state index contributed by atoms with van der Waals surface area (Å²) in [6, 6.07) is 7.21. The molecule has 1 aliphatic rings. The fourth-order valence-electron chi connectivity index (χ4n) is 2.92. The van der Waals surface area contributed by atoms with Crippen molar-refractivity contribution in [1.29, 1.82) is 0 Å². The maximum atomic E-state index is 9.61. The molecule has 0 aromatic heterocycles. The van der Waals surface area contributed by atoms with Crippen LogP contribution in [-0.2, 0) is 0 Å². The van der Waals surface area contributed by atoms with Gasteiger partial charge in [0.1, 0.15) is 0 Å². The molecular formula is C15H24N2O. The van der Waals surface area contributed by atoms with Gasteiger partial charge in [-0.2, -0.15) is 0 Å². The van der Waals surface area contributed by atoms with Gasteiger partial charge in [0.2, 0.25) is 0 Å². The van der Waals surface area contributed by atoms with E-state index < -0.39 is 0 Å². The molecule has 1 N–H and O–H groups in total. The third-order valence-corrected chi connectivity index (χ3v) is 3.97. The number of piperazine rings is 1. The van der Waals surface area contributed by atoms with Crippen molar-refractivity contribution < 1.29 is 5.11 Å². The summed E-state index contributed by atoms with van der Waals surface area (Å²) in [5, 5.41) is 9.61. The third-order valence-electron chi connectivity index (χ3n) is 3.97. The van der Waals surface area contributed by atoms with Crippen LogP contribution in [0, 0.1) is 13.8 Å². The van der Waals surface area contributed by atoms with E-state index in [0.29, 0.717) is 6.04 Å². The number of hydrogen-bond acceptors (Lipinski definition) is 3. The fourth-order valence-corrected chi connectivity index (χ4v) is 2.92. The standard InChI is InChI=1S/C15H24N2O/c1-11-5-6-14(7-12(11)2)17-13(3)8-16(4)9-15(17)10-18/h5-7,13,15,18H,8-10H2,1-4H3. The molecule has 2 rings (SSSR count). The SMILES string of the molecule is Cc1ccc(N2C(C)CN(C)CC2CO)cc1C. The topological polar surface area (TPSA) is 26.7 Å². The zero-order chi connectivity index (χ0) is 13.3. The van der Waals surface area contributed by atoms with Crippen LogP contribution in [0.4, 0.5) is 5.69 Å². The summed E-state index contributed by atoms with van der Waals surface area (Å²) in [5.74, 6) is 0. The largest absolute Gasteiger partial charge is 0.394 e. The Morgan fingerprint density at radius 3 is 2.56 bits per heavy atom. The molecule has 3 nitrogen and oxygen atoms in total. The Bertz CT molecular complexity index is 419. The highest BCUT2D eigenvalue weighted by Crippen LogP contribution is 2.26. The molecule has 1 saturated heterocycles. The van der Waals surface area contributed by atoms with Crippen molar-refractivity contribution in [3.63, 3.8) is 0 Å². The van der Waals surface area contributed by atoms with Gasteiger partial charge in [0.15, 0.2) is 0 Å². The molecule has 1 aliphatic heterocycles. The van der Waals surface area contributed by atoms with Crippen LogP contribution in [0.3, 0.4) is 0 Å². The van der Waals surface area contributed by atoms with Crippen molar-refractivity contribution in [1.82, 2.24) is 4.90 Å². The third kappa shape index (κ3) is 2.52. The molecule has 1 aromatic rings. The molecule has 0 radical (unpaired) electrons. The van der Waals surface area contributed by atoms with E-state index in [-0.39, 0.29) is 12.6 Å². The molecule has 0 saturated carbocycles. The first-order valence-electron chi connectivity index (χ1n) is 6.68. The average molecular weight is 248 g/mol. The van der Waals surface area contributed by atoms with E-state index >= 15 is 0 Å². The van der Waals surface area contributed by atoms with Crippen LogP contribution in [0.5, 0.6) is 0 Å². The number of likely N-dealkylation sites (N-methyl/N-ethyl adjacent to an activating group) is 1. The molecule has 0 aliphatic carbocycles. The van der Waals surface area contributed by atoms with Gasteiger partial charge in [0.25, 0.3) is 0 Å². The van der Waals surface area contributed by atoms with Gasteiger partial charge < -0.3 is 14.9 Å². The summed E-state index contributed by atoms with van der Waals surface area (Å²) in [7, 11) is 2.12.